The van der Waals surface area contributed by atoms with Crippen LogP contribution in [0.1, 0.15) is 34.1 Å². The predicted octanol–water partition coefficient (Wildman–Crippen LogP) is 3.24. The lowest BCUT2D eigenvalue weighted by atomic mass is 10.1. The number of aromatic nitrogens is 3. The van der Waals surface area contributed by atoms with Crippen LogP contribution in [0, 0.1) is 0 Å². The van der Waals surface area contributed by atoms with Gasteiger partial charge in [-0.2, -0.15) is 18.3 Å². The van der Waals surface area contributed by atoms with E-state index in [2.05, 4.69) is 20.7 Å². The van der Waals surface area contributed by atoms with Crippen molar-refractivity contribution < 1.29 is 22.8 Å². The highest BCUT2D eigenvalue weighted by Crippen LogP contribution is 2.44. The van der Waals surface area contributed by atoms with Crippen molar-refractivity contribution in [1.82, 2.24) is 20.1 Å². The zero-order valence-corrected chi connectivity index (χ0v) is 16.0. The quantitative estimate of drug-likeness (QED) is 0.532. The normalized spacial score (nSPS) is 12.4. The van der Waals surface area contributed by atoms with E-state index in [4.69, 9.17) is 0 Å². The maximum absolute atomic E-state index is 13.8. The Balaban J connectivity index is 1.86. The second-order valence-electron chi connectivity index (χ2n) is 6.39. The molecule has 1 aliphatic rings. The number of hydrogen-bond acceptors (Lipinski definition) is 5. The fourth-order valence-corrected chi connectivity index (χ4v) is 4.30. The van der Waals surface area contributed by atoms with E-state index in [1.807, 2.05) is 0 Å². The van der Waals surface area contributed by atoms with Crippen molar-refractivity contribution >= 4 is 28.3 Å². The van der Waals surface area contributed by atoms with Gasteiger partial charge in [0.15, 0.2) is 5.13 Å². The first-order valence-corrected chi connectivity index (χ1v) is 9.29. The summed E-state index contributed by atoms with van der Waals surface area (Å²) in [5.74, 6) is -0.896. The highest BCUT2D eigenvalue weighted by molar-refractivity contribution is 7.19. The van der Waals surface area contributed by atoms with Crippen molar-refractivity contribution in [2.45, 2.75) is 19.5 Å². The minimum absolute atomic E-state index is 0.0983. The molecule has 2 heterocycles. The molecule has 0 spiro atoms. The van der Waals surface area contributed by atoms with Crippen LogP contribution in [-0.4, -0.2) is 33.6 Å². The van der Waals surface area contributed by atoms with Gasteiger partial charge in [0.25, 0.3) is 5.91 Å². The Bertz CT molecular complexity index is 1150. The zero-order chi connectivity index (χ0) is 20.9. The number of carbonyl (C=O) groups is 2. The Morgan fingerprint density at radius 2 is 2.03 bits per heavy atom. The van der Waals surface area contributed by atoms with Gasteiger partial charge in [0, 0.05) is 31.5 Å². The zero-order valence-electron chi connectivity index (χ0n) is 15.2. The molecule has 7 nitrogen and oxygen atoms in total. The largest absolute Gasteiger partial charge is 0.418 e. The maximum Gasteiger partial charge on any atom is 0.418 e. The molecule has 2 amide bonds. The Morgan fingerprint density at radius 1 is 1.28 bits per heavy atom. The first-order valence-electron chi connectivity index (χ1n) is 8.47. The third-order valence-electron chi connectivity index (χ3n) is 4.42. The molecule has 1 aromatic carbocycles. The molecule has 29 heavy (non-hydrogen) atoms. The molecule has 0 bridgehead atoms. The van der Waals surface area contributed by atoms with Crippen molar-refractivity contribution in [3.05, 3.63) is 46.8 Å². The minimum atomic E-state index is -4.69. The van der Waals surface area contributed by atoms with E-state index in [0.29, 0.717) is 27.8 Å². The fraction of sp³-hybridized carbons (Fsp3) is 0.222. The number of amides is 2. The van der Waals surface area contributed by atoms with E-state index in [-0.39, 0.29) is 17.2 Å². The Morgan fingerprint density at radius 3 is 2.69 bits per heavy atom. The van der Waals surface area contributed by atoms with E-state index >= 15 is 0 Å². The van der Waals surface area contributed by atoms with Crippen LogP contribution in [0.3, 0.4) is 0 Å². The van der Waals surface area contributed by atoms with E-state index in [0.717, 1.165) is 11.6 Å². The van der Waals surface area contributed by atoms with Crippen LogP contribution in [0.25, 0.3) is 16.3 Å². The first-order chi connectivity index (χ1) is 13.7. The lowest BCUT2D eigenvalue weighted by molar-refractivity contribution is -0.137. The summed E-state index contributed by atoms with van der Waals surface area (Å²) in [6, 6.07) is 3.37. The molecule has 2 aromatic heterocycles. The van der Waals surface area contributed by atoms with E-state index in [1.165, 1.54) is 48.3 Å². The third kappa shape index (κ3) is 3.27. The van der Waals surface area contributed by atoms with Gasteiger partial charge in [0.2, 0.25) is 5.91 Å². The van der Waals surface area contributed by atoms with Gasteiger partial charge < -0.3 is 10.6 Å². The van der Waals surface area contributed by atoms with Crippen LogP contribution in [0.2, 0.25) is 0 Å². The molecule has 1 aliphatic carbocycles. The van der Waals surface area contributed by atoms with Crippen LogP contribution in [-0.2, 0) is 17.4 Å². The number of rotatable bonds is 3. The first kappa shape index (κ1) is 19.1. The van der Waals surface area contributed by atoms with Crippen molar-refractivity contribution in [2.75, 3.05) is 12.4 Å². The minimum Gasteiger partial charge on any atom is -0.355 e. The van der Waals surface area contributed by atoms with E-state index < -0.39 is 17.6 Å². The second kappa shape index (κ2) is 6.69. The number of carbonyl (C=O) groups excluding carboxylic acids is 2. The monoisotopic (exact) mass is 421 g/mol. The number of nitrogens with zero attached hydrogens (tertiary/aromatic N) is 3. The topological polar surface area (TPSA) is 88.9 Å². The summed E-state index contributed by atoms with van der Waals surface area (Å²) in [6.07, 6.45) is -2.76. The summed E-state index contributed by atoms with van der Waals surface area (Å²) in [7, 11) is 1.35. The standard InChI is InChI=1S/C18H14F3N5O2S/c1-8(27)24-17-25-12-6-10-7-23-26(14(10)15(12)29-17)13-4-3-9(16(28)22-2)5-11(13)18(19,20)21/h3-5,7H,6H2,1-2H3,(H,22,28)(H,24,25,27). The summed E-state index contributed by atoms with van der Waals surface area (Å²) >= 11 is 1.18. The van der Waals surface area contributed by atoms with Gasteiger partial charge in [-0.15, -0.1) is 0 Å². The molecule has 0 aliphatic heterocycles. The smallest absolute Gasteiger partial charge is 0.355 e. The van der Waals surface area contributed by atoms with Gasteiger partial charge >= 0.3 is 6.18 Å². The molecule has 0 unspecified atom stereocenters. The molecular weight excluding hydrogens is 407 g/mol. The van der Waals surface area contributed by atoms with E-state index in [9.17, 15) is 22.8 Å². The number of anilines is 1. The number of alkyl halides is 3. The molecule has 0 radical (unpaired) electrons. The average molecular weight is 421 g/mol. The van der Waals surface area contributed by atoms with Gasteiger partial charge in [-0.25, -0.2) is 9.67 Å². The van der Waals surface area contributed by atoms with Gasteiger partial charge in [-0.05, 0) is 18.2 Å². The van der Waals surface area contributed by atoms with Gasteiger partial charge in [0.1, 0.15) is 0 Å². The van der Waals surface area contributed by atoms with Gasteiger partial charge in [0.05, 0.1) is 33.7 Å². The van der Waals surface area contributed by atoms with Crippen molar-refractivity contribution in [1.29, 1.82) is 0 Å². The lowest BCUT2D eigenvalue weighted by Crippen LogP contribution is -2.20. The van der Waals surface area contributed by atoms with Crippen LogP contribution in [0.15, 0.2) is 24.4 Å². The van der Waals surface area contributed by atoms with Gasteiger partial charge in [-0.3, -0.25) is 9.59 Å². The number of thiazole rings is 1. The van der Waals surface area contributed by atoms with Crippen LogP contribution >= 0.6 is 11.3 Å². The van der Waals surface area contributed by atoms with Crippen molar-refractivity contribution in [2.24, 2.45) is 0 Å². The molecule has 0 fully saturated rings. The third-order valence-corrected chi connectivity index (χ3v) is 5.44. The van der Waals surface area contributed by atoms with E-state index in [1.54, 1.807) is 0 Å². The highest BCUT2D eigenvalue weighted by atomic mass is 32.1. The SMILES string of the molecule is CNC(=O)c1ccc(-n2ncc3c2-c2sc(NC(C)=O)nc2C3)c(C(F)(F)F)c1. The summed E-state index contributed by atoms with van der Waals surface area (Å²) in [4.78, 5) is 28.1. The molecule has 2 N–H and O–H groups in total. The van der Waals surface area contributed by atoms with Crippen molar-refractivity contribution in [3.8, 4) is 16.3 Å². The number of nitrogens with one attached hydrogen (secondary N) is 2. The molecule has 0 atom stereocenters. The Kier molecular flexibility index (Phi) is 4.41. The highest BCUT2D eigenvalue weighted by Gasteiger charge is 2.37. The average Bonchev–Trinajstić information content (AvgIpc) is 3.30. The molecule has 11 heteroatoms. The van der Waals surface area contributed by atoms with Crippen LogP contribution in [0.4, 0.5) is 18.3 Å². The number of benzene rings is 1. The number of hydrogen-bond donors (Lipinski definition) is 2. The van der Waals surface area contributed by atoms with Crippen LogP contribution < -0.4 is 10.6 Å². The summed E-state index contributed by atoms with van der Waals surface area (Å²) < 4.78 is 42.5. The van der Waals surface area contributed by atoms with Gasteiger partial charge in [-0.1, -0.05) is 11.3 Å². The molecule has 4 rings (SSSR count). The lowest BCUT2D eigenvalue weighted by Gasteiger charge is -2.15. The molecule has 3 aromatic rings. The summed E-state index contributed by atoms with van der Waals surface area (Å²) in [6.45, 7) is 1.35. The fourth-order valence-electron chi connectivity index (χ4n) is 3.21. The Hall–Kier alpha value is -3.21. The second-order valence-corrected chi connectivity index (χ2v) is 7.39. The van der Waals surface area contributed by atoms with Crippen LogP contribution in [0.5, 0.6) is 0 Å². The number of fused-ring (bicyclic) bond motifs is 3. The van der Waals surface area contributed by atoms with Crippen molar-refractivity contribution in [3.63, 3.8) is 0 Å². The molecule has 0 saturated heterocycles. The Labute approximate surface area is 166 Å². The number of halogens is 3. The summed E-state index contributed by atoms with van der Waals surface area (Å²) in [5, 5.41) is 9.45. The molecule has 150 valence electrons. The predicted molar refractivity (Wildman–Crippen MR) is 100 cm³/mol. The maximum atomic E-state index is 13.8. The molecule has 0 saturated carbocycles. The summed E-state index contributed by atoms with van der Waals surface area (Å²) in [5.41, 5.74) is 0.677. The molecular formula is C18H14F3N5O2S.